The minimum atomic E-state index is -0.318. The van der Waals surface area contributed by atoms with Crippen molar-refractivity contribution in [3.05, 3.63) is 12.7 Å². The van der Waals surface area contributed by atoms with Crippen LogP contribution in [0.25, 0.3) is 0 Å². The van der Waals surface area contributed by atoms with Gasteiger partial charge >= 0.3 is 0 Å². The van der Waals surface area contributed by atoms with E-state index < -0.39 is 0 Å². The van der Waals surface area contributed by atoms with E-state index in [0.717, 1.165) is 32.6 Å². The zero-order chi connectivity index (χ0) is 12.3. The fourth-order valence-corrected chi connectivity index (χ4v) is 2.69. The highest BCUT2D eigenvalue weighted by Gasteiger charge is 2.39. The van der Waals surface area contributed by atoms with Crippen molar-refractivity contribution in [2.45, 2.75) is 19.4 Å². The van der Waals surface area contributed by atoms with E-state index in [1.807, 2.05) is 17.9 Å². The third-order valence-electron chi connectivity index (χ3n) is 3.74. The fraction of sp³-hybridized carbons (Fsp3) is 0.769. The van der Waals surface area contributed by atoms with Crippen molar-refractivity contribution < 1.29 is 9.53 Å². The molecule has 2 saturated heterocycles. The van der Waals surface area contributed by atoms with Crippen LogP contribution in [-0.4, -0.2) is 49.7 Å². The molecule has 1 unspecified atom stereocenters. The van der Waals surface area contributed by atoms with E-state index >= 15 is 0 Å². The summed E-state index contributed by atoms with van der Waals surface area (Å²) in [6.07, 6.45) is 2.29. The molecule has 0 saturated carbocycles. The normalized spacial score (nSPS) is 29.1. The van der Waals surface area contributed by atoms with Crippen molar-refractivity contribution in [2.24, 2.45) is 11.8 Å². The lowest BCUT2D eigenvalue weighted by atomic mass is 10.0. The molecule has 17 heavy (non-hydrogen) atoms. The van der Waals surface area contributed by atoms with Gasteiger partial charge < -0.3 is 15.0 Å². The smallest absolute Gasteiger partial charge is 0.251 e. The number of nitrogens with one attached hydrogen (secondary N) is 1. The fourth-order valence-electron chi connectivity index (χ4n) is 2.69. The predicted octanol–water partition coefficient (Wildman–Crippen LogP) is 0.645. The molecule has 0 radical (unpaired) electrons. The molecule has 2 aliphatic heterocycles. The summed E-state index contributed by atoms with van der Waals surface area (Å²) < 4.78 is 5.50. The topological polar surface area (TPSA) is 41.6 Å². The van der Waals surface area contributed by atoms with Gasteiger partial charge in [0.05, 0.1) is 6.61 Å². The van der Waals surface area contributed by atoms with Crippen LogP contribution in [0.3, 0.4) is 0 Å². The molecule has 4 heteroatoms. The average molecular weight is 238 g/mol. The number of likely N-dealkylation sites (tertiary alicyclic amines) is 1. The minimum absolute atomic E-state index is 0.142. The van der Waals surface area contributed by atoms with Gasteiger partial charge in [-0.2, -0.15) is 0 Å². The Labute approximate surface area is 103 Å². The molecule has 2 fully saturated rings. The Kier molecular flexibility index (Phi) is 4.18. The number of rotatable bonds is 5. The number of nitrogens with zero attached hydrogens (tertiary/aromatic N) is 1. The van der Waals surface area contributed by atoms with Crippen molar-refractivity contribution in [3.63, 3.8) is 0 Å². The molecule has 96 valence electrons. The second-order valence-corrected chi connectivity index (χ2v) is 5.01. The molecule has 0 aromatic carbocycles. The summed E-state index contributed by atoms with van der Waals surface area (Å²) >= 11 is 0. The summed E-state index contributed by atoms with van der Waals surface area (Å²) in [5.41, 5.74) is 0. The molecular weight excluding hydrogens is 216 g/mol. The molecule has 0 aliphatic carbocycles. The van der Waals surface area contributed by atoms with Gasteiger partial charge in [-0.15, -0.1) is 6.58 Å². The van der Waals surface area contributed by atoms with Gasteiger partial charge in [-0.05, 0) is 25.2 Å². The second-order valence-electron chi connectivity index (χ2n) is 5.01. The molecule has 2 heterocycles. The first kappa shape index (κ1) is 12.6. The molecular formula is C13H22N2O2. The highest BCUT2D eigenvalue weighted by molar-refractivity contribution is 5.80. The quantitative estimate of drug-likeness (QED) is 0.565. The first-order valence-corrected chi connectivity index (χ1v) is 6.44. The maximum absolute atomic E-state index is 12.1. The lowest BCUT2D eigenvalue weighted by molar-refractivity contribution is -0.141. The number of carbonyl (C=O) groups excluding carboxylic acids is 1. The molecule has 1 N–H and O–H groups in total. The number of hydrogen-bond acceptors (Lipinski definition) is 3. The van der Waals surface area contributed by atoms with Crippen LogP contribution in [0.1, 0.15) is 13.3 Å². The van der Waals surface area contributed by atoms with Gasteiger partial charge in [0.15, 0.2) is 0 Å². The lowest BCUT2D eigenvalue weighted by Crippen LogP contribution is -2.39. The third-order valence-corrected chi connectivity index (χ3v) is 3.74. The zero-order valence-electron chi connectivity index (χ0n) is 10.5. The summed E-state index contributed by atoms with van der Waals surface area (Å²) in [6.45, 7) is 9.96. The highest BCUT2D eigenvalue weighted by atomic mass is 16.5. The summed E-state index contributed by atoms with van der Waals surface area (Å²) in [7, 11) is 0. The molecule has 0 spiro atoms. The van der Waals surface area contributed by atoms with Crippen LogP contribution < -0.4 is 5.32 Å². The monoisotopic (exact) mass is 238 g/mol. The van der Waals surface area contributed by atoms with E-state index in [1.165, 1.54) is 0 Å². The van der Waals surface area contributed by atoms with E-state index in [-0.39, 0.29) is 12.0 Å². The van der Waals surface area contributed by atoms with Gasteiger partial charge in [-0.25, -0.2) is 0 Å². The summed E-state index contributed by atoms with van der Waals surface area (Å²) in [5, 5.41) is 3.37. The van der Waals surface area contributed by atoms with E-state index in [4.69, 9.17) is 4.74 Å². The molecule has 1 amide bonds. The molecule has 0 bridgehead atoms. The SMILES string of the molecule is C=CCCOC(C)C(=O)N1C[C@H]2CNC[C@H]2C1. The van der Waals surface area contributed by atoms with Gasteiger partial charge in [0, 0.05) is 26.2 Å². The first-order valence-electron chi connectivity index (χ1n) is 6.44. The van der Waals surface area contributed by atoms with Crippen molar-refractivity contribution in [1.82, 2.24) is 10.2 Å². The summed E-state index contributed by atoms with van der Waals surface area (Å²) in [6, 6.07) is 0. The minimum Gasteiger partial charge on any atom is -0.368 e. The second kappa shape index (κ2) is 5.65. The van der Waals surface area contributed by atoms with Crippen LogP contribution in [0.2, 0.25) is 0 Å². The van der Waals surface area contributed by atoms with Gasteiger partial charge in [0.2, 0.25) is 0 Å². The number of hydrogen-bond donors (Lipinski definition) is 1. The molecule has 0 aromatic rings. The molecule has 3 atom stereocenters. The Morgan fingerprint density at radius 2 is 2.18 bits per heavy atom. The van der Waals surface area contributed by atoms with Crippen LogP contribution in [0, 0.1) is 11.8 Å². The third kappa shape index (κ3) is 2.87. The van der Waals surface area contributed by atoms with Crippen molar-refractivity contribution in [2.75, 3.05) is 32.8 Å². The van der Waals surface area contributed by atoms with Crippen LogP contribution >= 0.6 is 0 Å². The average Bonchev–Trinajstić information content (AvgIpc) is 2.88. The summed E-state index contributed by atoms with van der Waals surface area (Å²) in [5.74, 6) is 1.45. The van der Waals surface area contributed by atoms with Gasteiger partial charge in [0.1, 0.15) is 6.10 Å². The maximum Gasteiger partial charge on any atom is 0.251 e. The predicted molar refractivity (Wildman–Crippen MR) is 66.7 cm³/mol. The van der Waals surface area contributed by atoms with Gasteiger partial charge in [0.25, 0.3) is 5.91 Å². The number of fused-ring (bicyclic) bond motifs is 1. The first-order chi connectivity index (χ1) is 8.22. The Morgan fingerprint density at radius 3 is 2.76 bits per heavy atom. The summed E-state index contributed by atoms with van der Waals surface area (Å²) in [4.78, 5) is 14.1. The van der Waals surface area contributed by atoms with E-state index in [2.05, 4.69) is 11.9 Å². The van der Waals surface area contributed by atoms with E-state index in [9.17, 15) is 4.79 Å². The van der Waals surface area contributed by atoms with Crippen LogP contribution in [-0.2, 0) is 9.53 Å². The van der Waals surface area contributed by atoms with Crippen LogP contribution in [0.4, 0.5) is 0 Å². The van der Waals surface area contributed by atoms with Crippen LogP contribution in [0.5, 0.6) is 0 Å². The van der Waals surface area contributed by atoms with Crippen LogP contribution in [0.15, 0.2) is 12.7 Å². The molecule has 0 aromatic heterocycles. The molecule has 4 nitrogen and oxygen atoms in total. The van der Waals surface area contributed by atoms with Crippen molar-refractivity contribution in [3.8, 4) is 0 Å². The largest absolute Gasteiger partial charge is 0.368 e. The lowest BCUT2D eigenvalue weighted by Gasteiger charge is -2.21. The van der Waals surface area contributed by atoms with E-state index in [0.29, 0.717) is 18.4 Å². The molecule has 2 rings (SSSR count). The Balaban J connectivity index is 1.78. The van der Waals surface area contributed by atoms with Crippen molar-refractivity contribution in [1.29, 1.82) is 0 Å². The van der Waals surface area contributed by atoms with Crippen molar-refractivity contribution >= 4 is 5.91 Å². The number of carbonyl (C=O) groups is 1. The van der Waals surface area contributed by atoms with Gasteiger partial charge in [-0.1, -0.05) is 6.08 Å². The van der Waals surface area contributed by atoms with E-state index in [1.54, 1.807) is 0 Å². The number of amides is 1. The Morgan fingerprint density at radius 1 is 1.53 bits per heavy atom. The van der Waals surface area contributed by atoms with Gasteiger partial charge in [-0.3, -0.25) is 4.79 Å². The highest BCUT2D eigenvalue weighted by Crippen LogP contribution is 2.26. The Hall–Kier alpha value is -0.870. The number of ether oxygens (including phenoxy) is 1. The molecule has 2 aliphatic rings. The Bertz CT molecular complexity index is 281. The zero-order valence-corrected chi connectivity index (χ0v) is 10.5. The maximum atomic E-state index is 12.1. The standard InChI is InChI=1S/C13H22N2O2/c1-3-4-5-17-10(2)13(16)15-8-11-6-14-7-12(11)9-15/h3,10-12,14H,1,4-9H2,2H3/t10?,11-,12+.